The molecular formula is C11H16ClFN2O. The van der Waals surface area contributed by atoms with Crippen LogP contribution in [0.4, 0.5) is 4.39 Å². The summed E-state index contributed by atoms with van der Waals surface area (Å²) < 4.78 is 12.6. The molecule has 1 aromatic rings. The summed E-state index contributed by atoms with van der Waals surface area (Å²) in [5.74, 6) is -0.366. The van der Waals surface area contributed by atoms with Crippen molar-refractivity contribution in [3.63, 3.8) is 0 Å². The van der Waals surface area contributed by atoms with Crippen LogP contribution in [0.15, 0.2) is 24.3 Å². The molecule has 0 heterocycles. The van der Waals surface area contributed by atoms with Gasteiger partial charge in [0.05, 0.1) is 0 Å². The molecule has 0 radical (unpaired) electrons. The molecule has 1 rings (SSSR count). The van der Waals surface area contributed by atoms with Crippen LogP contribution in [0.5, 0.6) is 0 Å². The number of benzene rings is 1. The zero-order valence-electron chi connectivity index (χ0n) is 9.07. The molecule has 0 bridgehead atoms. The van der Waals surface area contributed by atoms with Gasteiger partial charge in [-0.15, -0.1) is 12.4 Å². The number of carbonyl (C=O) groups is 1. The van der Waals surface area contributed by atoms with Gasteiger partial charge in [0.15, 0.2) is 0 Å². The number of nitrogens with one attached hydrogen (secondary N) is 1. The highest BCUT2D eigenvalue weighted by Crippen LogP contribution is 2.02. The first-order valence-electron chi connectivity index (χ1n) is 4.84. The number of nitrogens with two attached hydrogens (primary N) is 1. The predicted octanol–water partition coefficient (Wildman–Crippen LogP) is 1.60. The molecule has 5 heteroatoms. The van der Waals surface area contributed by atoms with E-state index in [1.807, 2.05) is 0 Å². The molecule has 1 amide bonds. The van der Waals surface area contributed by atoms with E-state index in [4.69, 9.17) is 5.73 Å². The van der Waals surface area contributed by atoms with E-state index in [1.54, 1.807) is 19.1 Å². The highest BCUT2D eigenvalue weighted by atomic mass is 35.5. The number of halogens is 2. The average molecular weight is 247 g/mol. The van der Waals surface area contributed by atoms with Crippen molar-refractivity contribution >= 4 is 18.3 Å². The Kier molecular flexibility index (Phi) is 6.69. The molecule has 3 nitrogen and oxygen atoms in total. The monoisotopic (exact) mass is 246 g/mol. The van der Waals surface area contributed by atoms with E-state index < -0.39 is 0 Å². The van der Waals surface area contributed by atoms with E-state index >= 15 is 0 Å². The minimum absolute atomic E-state index is 0. The summed E-state index contributed by atoms with van der Waals surface area (Å²) in [6.45, 7) is 2.18. The van der Waals surface area contributed by atoms with E-state index in [0.717, 1.165) is 5.56 Å². The molecule has 90 valence electrons. The van der Waals surface area contributed by atoms with Crippen molar-refractivity contribution in [3.8, 4) is 0 Å². The molecule has 0 aliphatic rings. The second kappa shape index (κ2) is 7.19. The zero-order chi connectivity index (χ0) is 11.3. The van der Waals surface area contributed by atoms with Crippen molar-refractivity contribution in [2.45, 2.75) is 25.9 Å². The van der Waals surface area contributed by atoms with Crippen LogP contribution in [0, 0.1) is 5.82 Å². The van der Waals surface area contributed by atoms with Crippen molar-refractivity contribution in [1.29, 1.82) is 0 Å². The topological polar surface area (TPSA) is 55.1 Å². The Morgan fingerprint density at radius 1 is 1.44 bits per heavy atom. The molecule has 0 aliphatic carbocycles. The van der Waals surface area contributed by atoms with Crippen LogP contribution in [0.2, 0.25) is 0 Å². The third-order valence-corrected chi connectivity index (χ3v) is 1.91. The van der Waals surface area contributed by atoms with Gasteiger partial charge in [-0.1, -0.05) is 12.1 Å². The summed E-state index contributed by atoms with van der Waals surface area (Å²) >= 11 is 0. The second-order valence-corrected chi connectivity index (χ2v) is 3.58. The third kappa shape index (κ3) is 5.68. The van der Waals surface area contributed by atoms with Gasteiger partial charge in [-0.3, -0.25) is 4.79 Å². The van der Waals surface area contributed by atoms with Crippen LogP contribution in [0.3, 0.4) is 0 Å². The lowest BCUT2D eigenvalue weighted by molar-refractivity contribution is -0.121. The standard InChI is InChI=1S/C11H15FN2O.ClH/c1-8(13)6-11(15)14-7-9-2-4-10(12)5-3-9;/h2-5,8H,6-7,13H2,1H3,(H,14,15);1H. The minimum Gasteiger partial charge on any atom is -0.352 e. The number of hydrogen-bond donors (Lipinski definition) is 2. The lowest BCUT2D eigenvalue weighted by Crippen LogP contribution is -2.29. The van der Waals surface area contributed by atoms with E-state index in [0.29, 0.717) is 13.0 Å². The fraction of sp³-hybridized carbons (Fsp3) is 0.364. The predicted molar refractivity (Wildman–Crippen MR) is 63.8 cm³/mol. The minimum atomic E-state index is -0.277. The van der Waals surface area contributed by atoms with Gasteiger partial charge in [0.1, 0.15) is 5.82 Å². The maximum absolute atomic E-state index is 12.6. The fourth-order valence-electron chi connectivity index (χ4n) is 1.17. The first-order chi connectivity index (χ1) is 7.08. The molecule has 3 N–H and O–H groups in total. The lowest BCUT2D eigenvalue weighted by atomic mass is 10.2. The summed E-state index contributed by atoms with van der Waals surface area (Å²) in [6, 6.07) is 5.88. The number of carbonyl (C=O) groups excluding carboxylic acids is 1. The molecule has 0 aliphatic heterocycles. The smallest absolute Gasteiger partial charge is 0.221 e. The van der Waals surface area contributed by atoms with Crippen LogP contribution < -0.4 is 11.1 Å². The van der Waals surface area contributed by atoms with Crippen molar-refractivity contribution in [2.75, 3.05) is 0 Å². The Morgan fingerprint density at radius 2 is 2.00 bits per heavy atom. The van der Waals surface area contributed by atoms with Gasteiger partial charge in [-0.05, 0) is 24.6 Å². The fourth-order valence-corrected chi connectivity index (χ4v) is 1.17. The van der Waals surface area contributed by atoms with Crippen LogP contribution in [-0.4, -0.2) is 11.9 Å². The summed E-state index contributed by atoms with van der Waals surface area (Å²) in [6.07, 6.45) is 0.307. The van der Waals surface area contributed by atoms with Crippen molar-refractivity contribution in [1.82, 2.24) is 5.32 Å². The molecule has 0 saturated heterocycles. The summed E-state index contributed by atoms with van der Waals surface area (Å²) in [5, 5.41) is 2.71. The highest BCUT2D eigenvalue weighted by molar-refractivity contribution is 5.85. The highest BCUT2D eigenvalue weighted by Gasteiger charge is 2.04. The molecule has 0 saturated carbocycles. The van der Waals surface area contributed by atoms with Crippen molar-refractivity contribution < 1.29 is 9.18 Å². The molecule has 1 unspecified atom stereocenters. The molecule has 16 heavy (non-hydrogen) atoms. The first kappa shape index (κ1) is 14.9. The Labute approximate surface area is 101 Å². The Morgan fingerprint density at radius 3 is 2.50 bits per heavy atom. The zero-order valence-corrected chi connectivity index (χ0v) is 9.89. The van der Waals surface area contributed by atoms with Crippen LogP contribution in [-0.2, 0) is 11.3 Å². The summed E-state index contributed by atoms with van der Waals surface area (Å²) in [5.41, 5.74) is 6.34. The Bertz CT molecular complexity index is 327. The van der Waals surface area contributed by atoms with Gasteiger partial charge in [0.2, 0.25) is 5.91 Å². The molecule has 1 aromatic carbocycles. The van der Waals surface area contributed by atoms with E-state index in [9.17, 15) is 9.18 Å². The largest absolute Gasteiger partial charge is 0.352 e. The lowest BCUT2D eigenvalue weighted by Gasteiger charge is -2.07. The first-order valence-corrected chi connectivity index (χ1v) is 4.84. The SMILES string of the molecule is CC(N)CC(=O)NCc1ccc(F)cc1.Cl. The van der Waals surface area contributed by atoms with Gasteiger partial charge < -0.3 is 11.1 Å². The van der Waals surface area contributed by atoms with Crippen LogP contribution >= 0.6 is 12.4 Å². The van der Waals surface area contributed by atoms with Gasteiger partial charge in [0.25, 0.3) is 0 Å². The second-order valence-electron chi connectivity index (χ2n) is 3.58. The van der Waals surface area contributed by atoms with E-state index in [-0.39, 0.29) is 30.2 Å². The van der Waals surface area contributed by atoms with Gasteiger partial charge >= 0.3 is 0 Å². The number of rotatable bonds is 4. The molecule has 0 aromatic heterocycles. The van der Waals surface area contributed by atoms with E-state index in [2.05, 4.69) is 5.32 Å². The molecular weight excluding hydrogens is 231 g/mol. The number of amides is 1. The van der Waals surface area contributed by atoms with Crippen molar-refractivity contribution in [2.24, 2.45) is 5.73 Å². The van der Waals surface area contributed by atoms with Gasteiger partial charge in [-0.2, -0.15) is 0 Å². The van der Waals surface area contributed by atoms with Gasteiger partial charge in [-0.25, -0.2) is 4.39 Å². The molecule has 0 spiro atoms. The average Bonchev–Trinajstić information content (AvgIpc) is 2.16. The van der Waals surface area contributed by atoms with Crippen molar-refractivity contribution in [3.05, 3.63) is 35.6 Å². The summed E-state index contributed by atoms with van der Waals surface area (Å²) in [4.78, 5) is 11.2. The Balaban J connectivity index is 0.00000225. The Hall–Kier alpha value is -1.13. The summed E-state index contributed by atoms with van der Waals surface area (Å²) in [7, 11) is 0. The molecule has 1 atom stereocenters. The molecule has 0 fully saturated rings. The quantitative estimate of drug-likeness (QED) is 0.848. The third-order valence-electron chi connectivity index (χ3n) is 1.91. The van der Waals surface area contributed by atoms with E-state index in [1.165, 1.54) is 12.1 Å². The van der Waals surface area contributed by atoms with Crippen LogP contribution in [0.25, 0.3) is 0 Å². The van der Waals surface area contributed by atoms with Crippen LogP contribution in [0.1, 0.15) is 18.9 Å². The maximum atomic E-state index is 12.6. The maximum Gasteiger partial charge on any atom is 0.221 e. The number of hydrogen-bond acceptors (Lipinski definition) is 2. The van der Waals surface area contributed by atoms with Gasteiger partial charge in [0, 0.05) is 19.0 Å². The normalized spacial score (nSPS) is 11.4.